The predicted molar refractivity (Wildman–Crippen MR) is 104 cm³/mol. The maximum absolute atomic E-state index is 14.2. The van der Waals surface area contributed by atoms with Crippen LogP contribution in [0.5, 0.6) is 0 Å². The summed E-state index contributed by atoms with van der Waals surface area (Å²) in [6.45, 7) is 3.70. The monoisotopic (exact) mass is 404 g/mol. The lowest BCUT2D eigenvalue weighted by atomic mass is 10.1. The van der Waals surface area contributed by atoms with Gasteiger partial charge in [0, 0.05) is 19.2 Å². The molecule has 9 heteroatoms. The van der Waals surface area contributed by atoms with Crippen molar-refractivity contribution in [2.45, 2.75) is 26.3 Å². The third-order valence-electron chi connectivity index (χ3n) is 4.44. The Labute approximate surface area is 164 Å². The van der Waals surface area contributed by atoms with Gasteiger partial charge in [-0.15, -0.1) is 0 Å². The second-order valence-corrected chi connectivity index (χ2v) is 6.88. The average Bonchev–Trinajstić information content (AvgIpc) is 2.62. The van der Waals surface area contributed by atoms with Crippen molar-refractivity contribution < 1.29 is 18.0 Å². The molecule has 2 aromatic carbocycles. The molecule has 1 amide bonds. The van der Waals surface area contributed by atoms with Crippen molar-refractivity contribution in [1.29, 1.82) is 0 Å². The van der Waals surface area contributed by atoms with E-state index in [-0.39, 0.29) is 34.9 Å². The number of carbonyl (C=O) groups excluding carboxylic acids is 1. The summed E-state index contributed by atoms with van der Waals surface area (Å²) in [6, 6.07) is 6.70. The van der Waals surface area contributed by atoms with Crippen LogP contribution in [0.4, 0.5) is 19.1 Å². The smallest absolute Gasteiger partial charge is 0.284 e. The molecule has 1 aromatic heterocycles. The number of nitrogens with one attached hydrogen (secondary N) is 1. The fourth-order valence-corrected chi connectivity index (χ4v) is 2.81. The van der Waals surface area contributed by atoms with Gasteiger partial charge in [0.2, 0.25) is 11.9 Å². The van der Waals surface area contributed by atoms with E-state index in [0.717, 1.165) is 22.9 Å². The summed E-state index contributed by atoms with van der Waals surface area (Å²) in [6.07, 6.45) is -0.388. The number of nitrogens with zero attached hydrogens (tertiary/aromatic N) is 3. The third-order valence-corrected chi connectivity index (χ3v) is 4.44. The second-order valence-electron chi connectivity index (χ2n) is 6.88. The SMILES string of the molecule is CC(C)N(C)c1nc2cccc(F)c2c(=O)n1NC(=O)Cc1cc(F)cc(F)c1. The zero-order valence-electron chi connectivity index (χ0n) is 16.0. The lowest BCUT2D eigenvalue weighted by molar-refractivity contribution is -0.116. The maximum Gasteiger partial charge on any atom is 0.284 e. The van der Waals surface area contributed by atoms with Gasteiger partial charge in [-0.2, -0.15) is 4.68 Å². The Bertz CT molecular complexity index is 1120. The Morgan fingerprint density at radius 2 is 1.83 bits per heavy atom. The fourth-order valence-electron chi connectivity index (χ4n) is 2.81. The van der Waals surface area contributed by atoms with E-state index in [1.807, 2.05) is 13.8 Å². The molecular weight excluding hydrogens is 385 g/mol. The summed E-state index contributed by atoms with van der Waals surface area (Å²) in [7, 11) is 1.67. The summed E-state index contributed by atoms with van der Waals surface area (Å²) >= 11 is 0. The van der Waals surface area contributed by atoms with Crippen molar-refractivity contribution in [3.05, 3.63) is 69.8 Å². The zero-order chi connectivity index (χ0) is 21.3. The molecule has 3 rings (SSSR count). The lowest BCUT2D eigenvalue weighted by Gasteiger charge is -2.26. The number of aromatic nitrogens is 2. The Kier molecular flexibility index (Phi) is 5.58. The van der Waals surface area contributed by atoms with Gasteiger partial charge in [-0.1, -0.05) is 6.07 Å². The normalized spacial score (nSPS) is 11.1. The summed E-state index contributed by atoms with van der Waals surface area (Å²) in [4.78, 5) is 31.3. The van der Waals surface area contributed by atoms with Gasteiger partial charge in [0.1, 0.15) is 22.8 Å². The standard InChI is InChI=1S/C20H19F3N4O2/c1-11(2)26(3)20-24-16-6-4-5-15(23)18(16)19(29)27(20)25-17(28)9-12-7-13(21)10-14(22)8-12/h4-8,10-11H,9H2,1-3H3,(H,25,28). The minimum Gasteiger partial charge on any atom is -0.341 e. The first-order valence-corrected chi connectivity index (χ1v) is 8.86. The van der Waals surface area contributed by atoms with Gasteiger partial charge in [0.25, 0.3) is 5.56 Å². The van der Waals surface area contributed by atoms with Gasteiger partial charge < -0.3 is 4.90 Å². The van der Waals surface area contributed by atoms with Crippen molar-refractivity contribution in [2.24, 2.45) is 0 Å². The number of halogens is 3. The minimum atomic E-state index is -0.820. The molecule has 1 heterocycles. The first kappa shape index (κ1) is 20.4. The number of fused-ring (bicyclic) bond motifs is 1. The Balaban J connectivity index is 2.05. The van der Waals surface area contributed by atoms with Crippen LogP contribution in [0.1, 0.15) is 19.4 Å². The number of benzene rings is 2. The molecule has 1 N–H and O–H groups in total. The summed E-state index contributed by atoms with van der Waals surface area (Å²) in [5.41, 5.74) is 1.81. The van der Waals surface area contributed by atoms with Gasteiger partial charge in [0.15, 0.2) is 0 Å². The highest BCUT2D eigenvalue weighted by molar-refractivity contribution is 5.87. The van der Waals surface area contributed by atoms with Gasteiger partial charge in [-0.3, -0.25) is 15.0 Å². The molecular formula is C20H19F3N4O2. The van der Waals surface area contributed by atoms with Crippen LogP contribution in [0.3, 0.4) is 0 Å². The Morgan fingerprint density at radius 3 is 2.45 bits per heavy atom. The number of hydrogen-bond acceptors (Lipinski definition) is 4. The van der Waals surface area contributed by atoms with Gasteiger partial charge in [0.05, 0.1) is 11.9 Å². The average molecular weight is 404 g/mol. The Morgan fingerprint density at radius 1 is 1.17 bits per heavy atom. The van der Waals surface area contributed by atoms with Gasteiger partial charge >= 0.3 is 0 Å². The van der Waals surface area contributed by atoms with E-state index in [9.17, 15) is 22.8 Å². The van der Waals surface area contributed by atoms with E-state index in [0.29, 0.717) is 6.07 Å². The van der Waals surface area contributed by atoms with E-state index in [1.165, 1.54) is 12.1 Å². The van der Waals surface area contributed by atoms with Crippen LogP contribution >= 0.6 is 0 Å². The van der Waals surface area contributed by atoms with Crippen LogP contribution in [0.15, 0.2) is 41.2 Å². The topological polar surface area (TPSA) is 67.2 Å². The molecule has 0 unspecified atom stereocenters. The number of rotatable bonds is 5. The van der Waals surface area contributed by atoms with Crippen LogP contribution in [0.2, 0.25) is 0 Å². The molecule has 0 spiro atoms. The molecule has 152 valence electrons. The lowest BCUT2D eigenvalue weighted by Crippen LogP contribution is -2.41. The van der Waals surface area contributed by atoms with Gasteiger partial charge in [-0.25, -0.2) is 18.2 Å². The highest BCUT2D eigenvalue weighted by Crippen LogP contribution is 2.17. The molecule has 29 heavy (non-hydrogen) atoms. The van der Waals surface area contributed by atoms with Crippen molar-refractivity contribution in [2.75, 3.05) is 17.4 Å². The first-order chi connectivity index (χ1) is 13.7. The number of amides is 1. The number of hydrogen-bond donors (Lipinski definition) is 1. The van der Waals surface area contributed by atoms with Crippen LogP contribution in [0.25, 0.3) is 10.9 Å². The van der Waals surface area contributed by atoms with E-state index in [1.54, 1.807) is 11.9 Å². The second kappa shape index (κ2) is 7.94. The number of anilines is 1. The molecule has 0 atom stereocenters. The summed E-state index contributed by atoms with van der Waals surface area (Å²) in [5, 5.41) is -0.273. The molecule has 0 bridgehead atoms. The van der Waals surface area contributed by atoms with E-state index < -0.39 is 28.9 Å². The van der Waals surface area contributed by atoms with Crippen molar-refractivity contribution in [1.82, 2.24) is 9.66 Å². The molecule has 0 aliphatic rings. The Hall–Kier alpha value is -3.36. The summed E-state index contributed by atoms with van der Waals surface area (Å²) in [5.74, 6) is -3.02. The molecule has 0 radical (unpaired) electrons. The van der Waals surface area contributed by atoms with Crippen LogP contribution < -0.4 is 15.9 Å². The van der Waals surface area contributed by atoms with Crippen LogP contribution in [-0.4, -0.2) is 28.7 Å². The van der Waals surface area contributed by atoms with Gasteiger partial charge in [-0.05, 0) is 43.7 Å². The first-order valence-electron chi connectivity index (χ1n) is 8.86. The van der Waals surface area contributed by atoms with Crippen molar-refractivity contribution in [3.8, 4) is 0 Å². The van der Waals surface area contributed by atoms with Crippen LogP contribution in [-0.2, 0) is 11.2 Å². The molecule has 0 fully saturated rings. The molecule has 0 aliphatic carbocycles. The highest BCUT2D eigenvalue weighted by atomic mass is 19.1. The zero-order valence-corrected chi connectivity index (χ0v) is 16.0. The number of carbonyl (C=O) groups is 1. The van der Waals surface area contributed by atoms with E-state index >= 15 is 0 Å². The maximum atomic E-state index is 14.2. The quantitative estimate of drug-likeness (QED) is 0.710. The van der Waals surface area contributed by atoms with E-state index in [4.69, 9.17) is 0 Å². The third kappa shape index (κ3) is 4.23. The summed E-state index contributed by atoms with van der Waals surface area (Å²) < 4.78 is 41.8. The molecule has 0 saturated carbocycles. The molecule has 0 saturated heterocycles. The highest BCUT2D eigenvalue weighted by Gasteiger charge is 2.20. The van der Waals surface area contributed by atoms with Crippen LogP contribution in [0, 0.1) is 17.5 Å². The molecule has 3 aromatic rings. The van der Waals surface area contributed by atoms with Crippen molar-refractivity contribution in [3.63, 3.8) is 0 Å². The molecule has 6 nitrogen and oxygen atoms in total. The minimum absolute atomic E-state index is 0.0895. The largest absolute Gasteiger partial charge is 0.341 e. The van der Waals surface area contributed by atoms with E-state index in [2.05, 4.69) is 10.4 Å². The molecule has 0 aliphatic heterocycles. The van der Waals surface area contributed by atoms with Crippen molar-refractivity contribution >= 4 is 22.8 Å². The predicted octanol–water partition coefficient (Wildman–Crippen LogP) is 2.97. The fraction of sp³-hybridized carbons (Fsp3) is 0.250.